The number of nitrogens with zero attached hydrogens (tertiary/aromatic N) is 2. The average molecular weight is 202 g/mol. The summed E-state index contributed by atoms with van der Waals surface area (Å²) in [6, 6.07) is 9.94. The Morgan fingerprint density at radius 1 is 1.33 bits per heavy atom. The van der Waals surface area contributed by atoms with Crippen molar-refractivity contribution in [3.8, 4) is 0 Å². The van der Waals surface area contributed by atoms with Crippen molar-refractivity contribution in [3.63, 3.8) is 0 Å². The van der Waals surface area contributed by atoms with E-state index in [0.29, 0.717) is 6.42 Å². The third kappa shape index (κ3) is 1.91. The zero-order chi connectivity index (χ0) is 10.8. The molecular weight excluding hydrogens is 188 g/mol. The average Bonchev–Trinajstić information content (AvgIpc) is 2.26. The van der Waals surface area contributed by atoms with Crippen molar-refractivity contribution in [2.45, 2.75) is 19.4 Å². The van der Waals surface area contributed by atoms with Gasteiger partial charge < -0.3 is 4.90 Å². The van der Waals surface area contributed by atoms with Crippen molar-refractivity contribution >= 4 is 11.7 Å². The van der Waals surface area contributed by atoms with E-state index in [1.54, 1.807) is 11.9 Å². The van der Waals surface area contributed by atoms with E-state index in [2.05, 4.69) is 4.99 Å². The standard InChI is InChI=1S/C12H14N2O/c1-9-13-11(8-12(15)14(9)2)10-6-4-3-5-7-10/h3-7,11H,8H2,1-2H3. The van der Waals surface area contributed by atoms with E-state index in [0.717, 1.165) is 11.4 Å². The van der Waals surface area contributed by atoms with E-state index in [9.17, 15) is 4.79 Å². The van der Waals surface area contributed by atoms with E-state index >= 15 is 0 Å². The van der Waals surface area contributed by atoms with Gasteiger partial charge in [0.25, 0.3) is 0 Å². The van der Waals surface area contributed by atoms with Crippen molar-refractivity contribution in [1.82, 2.24) is 4.90 Å². The maximum atomic E-state index is 11.6. The fourth-order valence-electron chi connectivity index (χ4n) is 1.71. The Kier molecular flexibility index (Phi) is 2.54. The summed E-state index contributed by atoms with van der Waals surface area (Å²) in [5.41, 5.74) is 1.11. The number of rotatable bonds is 1. The van der Waals surface area contributed by atoms with E-state index in [-0.39, 0.29) is 11.9 Å². The zero-order valence-corrected chi connectivity index (χ0v) is 8.97. The molecular formula is C12H14N2O. The second-order valence-electron chi connectivity index (χ2n) is 3.76. The van der Waals surface area contributed by atoms with Gasteiger partial charge in [-0.15, -0.1) is 0 Å². The molecule has 1 aliphatic heterocycles. The van der Waals surface area contributed by atoms with Crippen LogP contribution in [0.2, 0.25) is 0 Å². The van der Waals surface area contributed by atoms with Crippen LogP contribution < -0.4 is 0 Å². The van der Waals surface area contributed by atoms with Gasteiger partial charge in [0.05, 0.1) is 12.5 Å². The lowest BCUT2D eigenvalue weighted by Gasteiger charge is -2.26. The topological polar surface area (TPSA) is 32.7 Å². The Balaban J connectivity index is 2.30. The van der Waals surface area contributed by atoms with Crippen molar-refractivity contribution in [2.75, 3.05) is 7.05 Å². The van der Waals surface area contributed by atoms with E-state index in [1.165, 1.54) is 0 Å². The van der Waals surface area contributed by atoms with Crippen LogP contribution >= 0.6 is 0 Å². The first-order chi connectivity index (χ1) is 7.18. The lowest BCUT2D eigenvalue weighted by molar-refractivity contribution is -0.127. The fourth-order valence-corrected chi connectivity index (χ4v) is 1.71. The van der Waals surface area contributed by atoms with Gasteiger partial charge in [0, 0.05) is 7.05 Å². The number of carbonyl (C=O) groups is 1. The number of aliphatic imine (C=N–C) groups is 1. The van der Waals surface area contributed by atoms with Crippen molar-refractivity contribution in [1.29, 1.82) is 0 Å². The van der Waals surface area contributed by atoms with Gasteiger partial charge in [0.2, 0.25) is 5.91 Å². The Morgan fingerprint density at radius 3 is 2.60 bits per heavy atom. The molecule has 1 atom stereocenters. The fraction of sp³-hybridized carbons (Fsp3) is 0.333. The summed E-state index contributed by atoms with van der Waals surface area (Å²) in [5, 5.41) is 0. The van der Waals surface area contributed by atoms with E-state index in [1.807, 2.05) is 37.3 Å². The molecule has 3 nitrogen and oxygen atoms in total. The van der Waals surface area contributed by atoms with Crippen LogP contribution in [0.1, 0.15) is 24.9 Å². The first-order valence-corrected chi connectivity index (χ1v) is 5.04. The minimum atomic E-state index is -0.00472. The molecule has 3 heteroatoms. The lowest BCUT2D eigenvalue weighted by Crippen LogP contribution is -2.36. The van der Waals surface area contributed by atoms with Crippen LogP contribution in [0.5, 0.6) is 0 Å². The Hall–Kier alpha value is -1.64. The first kappa shape index (κ1) is 9.90. The summed E-state index contributed by atoms with van der Waals surface area (Å²) in [6.07, 6.45) is 0.470. The molecule has 0 bridgehead atoms. The second kappa shape index (κ2) is 3.85. The van der Waals surface area contributed by atoms with Gasteiger partial charge in [-0.2, -0.15) is 0 Å². The molecule has 1 amide bonds. The van der Waals surface area contributed by atoms with Crippen LogP contribution in [0.15, 0.2) is 35.3 Å². The molecule has 15 heavy (non-hydrogen) atoms. The van der Waals surface area contributed by atoms with Crippen molar-refractivity contribution < 1.29 is 4.79 Å². The number of hydrogen-bond acceptors (Lipinski definition) is 2. The number of benzene rings is 1. The van der Waals surface area contributed by atoms with Crippen LogP contribution in [0, 0.1) is 0 Å². The maximum absolute atomic E-state index is 11.6. The summed E-state index contributed by atoms with van der Waals surface area (Å²) in [4.78, 5) is 17.7. The normalized spacial score (nSPS) is 21.5. The lowest BCUT2D eigenvalue weighted by atomic mass is 10.0. The molecule has 0 fully saturated rings. The number of amides is 1. The van der Waals surface area contributed by atoms with Crippen molar-refractivity contribution in [2.24, 2.45) is 4.99 Å². The monoisotopic (exact) mass is 202 g/mol. The maximum Gasteiger partial charge on any atom is 0.230 e. The molecule has 0 saturated heterocycles. The van der Waals surface area contributed by atoms with Crippen LogP contribution in [-0.4, -0.2) is 23.7 Å². The third-order valence-electron chi connectivity index (χ3n) is 2.75. The zero-order valence-electron chi connectivity index (χ0n) is 8.97. The molecule has 0 saturated carbocycles. The van der Waals surface area contributed by atoms with E-state index < -0.39 is 0 Å². The summed E-state index contributed by atoms with van der Waals surface area (Å²) in [6.45, 7) is 1.87. The molecule has 0 aliphatic carbocycles. The van der Waals surface area contributed by atoms with Gasteiger partial charge >= 0.3 is 0 Å². The van der Waals surface area contributed by atoms with Crippen LogP contribution in [0.3, 0.4) is 0 Å². The highest BCUT2D eigenvalue weighted by Gasteiger charge is 2.24. The molecule has 1 aromatic rings. The molecule has 1 unspecified atom stereocenters. The quantitative estimate of drug-likeness (QED) is 0.685. The summed E-state index contributed by atoms with van der Waals surface area (Å²) in [5.74, 6) is 0.927. The molecule has 2 rings (SSSR count). The van der Waals surface area contributed by atoms with E-state index in [4.69, 9.17) is 0 Å². The predicted molar refractivity (Wildman–Crippen MR) is 59.7 cm³/mol. The summed E-state index contributed by atoms with van der Waals surface area (Å²) in [7, 11) is 1.77. The number of carbonyl (C=O) groups excluding carboxylic acids is 1. The first-order valence-electron chi connectivity index (χ1n) is 5.04. The summed E-state index contributed by atoms with van der Waals surface area (Å²) >= 11 is 0. The minimum absolute atomic E-state index is 0.00472. The Labute approximate surface area is 89.4 Å². The minimum Gasteiger partial charge on any atom is -0.304 e. The van der Waals surface area contributed by atoms with Gasteiger partial charge in [-0.05, 0) is 12.5 Å². The highest BCUT2D eigenvalue weighted by Crippen LogP contribution is 2.25. The van der Waals surface area contributed by atoms with Crippen LogP contribution in [-0.2, 0) is 4.79 Å². The number of hydrogen-bond donors (Lipinski definition) is 0. The molecule has 78 valence electrons. The largest absolute Gasteiger partial charge is 0.304 e. The molecule has 0 aromatic heterocycles. The highest BCUT2D eigenvalue weighted by molar-refractivity contribution is 5.98. The molecule has 1 heterocycles. The SMILES string of the molecule is CC1=NC(c2ccccc2)CC(=O)N1C. The Bertz CT molecular complexity index is 397. The van der Waals surface area contributed by atoms with Gasteiger partial charge in [-0.25, -0.2) is 0 Å². The van der Waals surface area contributed by atoms with Gasteiger partial charge in [-0.1, -0.05) is 30.3 Å². The highest BCUT2D eigenvalue weighted by atomic mass is 16.2. The summed E-state index contributed by atoms with van der Waals surface area (Å²) < 4.78 is 0. The number of amidine groups is 1. The van der Waals surface area contributed by atoms with Crippen molar-refractivity contribution in [3.05, 3.63) is 35.9 Å². The molecule has 0 N–H and O–H groups in total. The van der Waals surface area contributed by atoms with Gasteiger partial charge in [0.15, 0.2) is 0 Å². The molecule has 1 aromatic carbocycles. The van der Waals surface area contributed by atoms with Crippen LogP contribution in [0.25, 0.3) is 0 Å². The second-order valence-corrected chi connectivity index (χ2v) is 3.76. The molecule has 0 spiro atoms. The van der Waals surface area contributed by atoms with Crippen LogP contribution in [0.4, 0.5) is 0 Å². The predicted octanol–water partition coefficient (Wildman–Crippen LogP) is 2.01. The van der Waals surface area contributed by atoms with Gasteiger partial charge in [-0.3, -0.25) is 9.79 Å². The Morgan fingerprint density at radius 2 is 2.00 bits per heavy atom. The molecule has 1 aliphatic rings. The smallest absolute Gasteiger partial charge is 0.230 e. The van der Waals surface area contributed by atoms with Gasteiger partial charge in [0.1, 0.15) is 5.84 Å². The molecule has 0 radical (unpaired) electrons. The third-order valence-corrected chi connectivity index (χ3v) is 2.75.